The molecule has 0 aromatic carbocycles. The zero-order chi connectivity index (χ0) is 13.8. The Hall–Kier alpha value is -0.680. The minimum atomic E-state index is 0.409. The third kappa shape index (κ3) is 3.50. The van der Waals surface area contributed by atoms with E-state index in [0.717, 1.165) is 26.3 Å². The van der Waals surface area contributed by atoms with Gasteiger partial charge in [0, 0.05) is 41.6 Å². The predicted octanol–water partition coefficient (Wildman–Crippen LogP) is 4.38. The second-order valence-electron chi connectivity index (χ2n) is 5.81. The van der Waals surface area contributed by atoms with Crippen molar-refractivity contribution in [1.82, 2.24) is 5.32 Å². The molecule has 1 fully saturated rings. The largest absolute Gasteiger partial charge is 0.381 e. The standard InChI is InChI=1S/C16H21NOS2/c1-16(4-6-18-7-5-16)12-17-10-14-9-13(11-20-14)15-3-2-8-19-15/h2-3,8-9,11,17H,4-7,10,12H2,1H3. The SMILES string of the molecule is CC1(CNCc2cc(-c3cccs3)cs2)CCOCC1. The first-order valence-electron chi connectivity index (χ1n) is 7.15. The molecule has 4 heteroatoms. The minimum Gasteiger partial charge on any atom is -0.381 e. The molecule has 0 amide bonds. The highest BCUT2D eigenvalue weighted by atomic mass is 32.1. The summed E-state index contributed by atoms with van der Waals surface area (Å²) in [6.07, 6.45) is 2.34. The van der Waals surface area contributed by atoms with E-state index in [2.05, 4.69) is 41.2 Å². The molecule has 3 heterocycles. The third-order valence-electron chi connectivity index (χ3n) is 4.01. The Bertz CT molecular complexity index is 526. The van der Waals surface area contributed by atoms with Gasteiger partial charge in [-0.3, -0.25) is 0 Å². The van der Waals surface area contributed by atoms with E-state index < -0.39 is 0 Å². The van der Waals surface area contributed by atoms with E-state index in [1.165, 1.54) is 28.2 Å². The average molecular weight is 307 g/mol. The van der Waals surface area contributed by atoms with Crippen LogP contribution >= 0.6 is 22.7 Å². The molecule has 0 bridgehead atoms. The van der Waals surface area contributed by atoms with E-state index >= 15 is 0 Å². The summed E-state index contributed by atoms with van der Waals surface area (Å²) in [7, 11) is 0. The van der Waals surface area contributed by atoms with Gasteiger partial charge in [-0.25, -0.2) is 0 Å². The van der Waals surface area contributed by atoms with Gasteiger partial charge in [0.15, 0.2) is 0 Å². The molecule has 0 saturated carbocycles. The fraction of sp³-hybridized carbons (Fsp3) is 0.500. The van der Waals surface area contributed by atoms with E-state index in [1.807, 2.05) is 22.7 Å². The summed E-state index contributed by atoms with van der Waals surface area (Å²) in [5, 5.41) is 8.03. The Morgan fingerprint density at radius 3 is 2.90 bits per heavy atom. The highest BCUT2D eigenvalue weighted by Gasteiger charge is 2.26. The molecular formula is C16H21NOS2. The molecule has 1 N–H and O–H groups in total. The van der Waals surface area contributed by atoms with Crippen LogP contribution in [0.2, 0.25) is 0 Å². The van der Waals surface area contributed by atoms with Crippen LogP contribution in [0.15, 0.2) is 29.0 Å². The molecule has 0 atom stereocenters. The molecule has 1 aliphatic rings. The van der Waals surface area contributed by atoms with Crippen LogP contribution in [-0.4, -0.2) is 19.8 Å². The molecule has 20 heavy (non-hydrogen) atoms. The van der Waals surface area contributed by atoms with Gasteiger partial charge in [0.1, 0.15) is 0 Å². The van der Waals surface area contributed by atoms with Crippen LogP contribution < -0.4 is 5.32 Å². The Morgan fingerprint density at radius 2 is 2.15 bits per heavy atom. The quantitative estimate of drug-likeness (QED) is 0.885. The smallest absolute Gasteiger partial charge is 0.0471 e. The lowest BCUT2D eigenvalue weighted by Crippen LogP contribution is -2.36. The van der Waals surface area contributed by atoms with Crippen molar-refractivity contribution in [3.8, 4) is 10.4 Å². The molecule has 0 aliphatic carbocycles. The van der Waals surface area contributed by atoms with Gasteiger partial charge in [-0.2, -0.15) is 0 Å². The molecule has 108 valence electrons. The monoisotopic (exact) mass is 307 g/mol. The van der Waals surface area contributed by atoms with E-state index in [1.54, 1.807) is 0 Å². The number of rotatable bonds is 5. The molecule has 2 aromatic heterocycles. The van der Waals surface area contributed by atoms with E-state index in [0.29, 0.717) is 5.41 Å². The van der Waals surface area contributed by atoms with Crippen LogP contribution in [0, 0.1) is 5.41 Å². The molecule has 0 radical (unpaired) electrons. The molecule has 3 rings (SSSR count). The summed E-state index contributed by atoms with van der Waals surface area (Å²) in [5.74, 6) is 0. The second-order valence-corrected chi connectivity index (χ2v) is 7.75. The number of hydrogen-bond acceptors (Lipinski definition) is 4. The molecule has 2 aromatic rings. The van der Waals surface area contributed by atoms with Gasteiger partial charge in [0.2, 0.25) is 0 Å². The number of nitrogens with one attached hydrogen (secondary N) is 1. The number of thiophene rings is 2. The van der Waals surface area contributed by atoms with Crippen molar-refractivity contribution in [3.05, 3.63) is 33.8 Å². The van der Waals surface area contributed by atoms with Gasteiger partial charge < -0.3 is 10.1 Å². The van der Waals surface area contributed by atoms with Crippen LogP contribution in [-0.2, 0) is 11.3 Å². The topological polar surface area (TPSA) is 21.3 Å². The lowest BCUT2D eigenvalue weighted by Gasteiger charge is -2.33. The van der Waals surface area contributed by atoms with Crippen molar-refractivity contribution in [2.24, 2.45) is 5.41 Å². The zero-order valence-electron chi connectivity index (χ0n) is 11.9. The van der Waals surface area contributed by atoms with Crippen molar-refractivity contribution in [2.75, 3.05) is 19.8 Å². The summed E-state index contributed by atoms with van der Waals surface area (Å²) in [6.45, 7) is 6.27. The van der Waals surface area contributed by atoms with Crippen molar-refractivity contribution in [1.29, 1.82) is 0 Å². The molecule has 2 nitrogen and oxygen atoms in total. The minimum absolute atomic E-state index is 0.409. The highest BCUT2D eigenvalue weighted by Crippen LogP contribution is 2.30. The fourth-order valence-electron chi connectivity index (χ4n) is 2.57. The fourth-order valence-corrected chi connectivity index (χ4v) is 4.22. The Morgan fingerprint density at radius 1 is 1.30 bits per heavy atom. The van der Waals surface area contributed by atoms with Crippen LogP contribution in [0.5, 0.6) is 0 Å². The first-order chi connectivity index (χ1) is 9.75. The van der Waals surface area contributed by atoms with E-state index in [-0.39, 0.29) is 0 Å². The number of ether oxygens (including phenoxy) is 1. The summed E-state index contributed by atoms with van der Waals surface area (Å²) < 4.78 is 5.45. The van der Waals surface area contributed by atoms with Gasteiger partial charge >= 0.3 is 0 Å². The van der Waals surface area contributed by atoms with Crippen molar-refractivity contribution < 1.29 is 4.74 Å². The van der Waals surface area contributed by atoms with E-state index in [4.69, 9.17) is 4.74 Å². The lowest BCUT2D eigenvalue weighted by molar-refractivity contribution is 0.0240. The summed E-state index contributed by atoms with van der Waals surface area (Å²) in [4.78, 5) is 2.79. The molecule has 0 unspecified atom stereocenters. The molecule has 1 aliphatic heterocycles. The van der Waals surface area contributed by atoms with Gasteiger partial charge in [-0.05, 0) is 41.1 Å². The second kappa shape index (κ2) is 6.39. The van der Waals surface area contributed by atoms with Crippen LogP contribution in [0.4, 0.5) is 0 Å². The van der Waals surface area contributed by atoms with Crippen LogP contribution in [0.3, 0.4) is 0 Å². The number of hydrogen-bond donors (Lipinski definition) is 1. The van der Waals surface area contributed by atoms with E-state index in [9.17, 15) is 0 Å². The first-order valence-corrected chi connectivity index (χ1v) is 8.91. The summed E-state index contributed by atoms with van der Waals surface area (Å²) >= 11 is 3.66. The molecule has 1 saturated heterocycles. The molecule has 0 spiro atoms. The van der Waals surface area contributed by atoms with Crippen LogP contribution in [0.1, 0.15) is 24.6 Å². The maximum atomic E-state index is 5.45. The Kier molecular flexibility index (Phi) is 4.56. The first kappa shape index (κ1) is 14.3. The normalized spacial score (nSPS) is 18.2. The van der Waals surface area contributed by atoms with Gasteiger partial charge in [0.25, 0.3) is 0 Å². The molecular weight excluding hydrogens is 286 g/mol. The zero-order valence-corrected chi connectivity index (χ0v) is 13.5. The van der Waals surface area contributed by atoms with Crippen LogP contribution in [0.25, 0.3) is 10.4 Å². The summed E-state index contributed by atoms with van der Waals surface area (Å²) in [5.41, 5.74) is 1.77. The summed E-state index contributed by atoms with van der Waals surface area (Å²) in [6, 6.07) is 6.62. The van der Waals surface area contributed by atoms with Crippen molar-refractivity contribution >= 4 is 22.7 Å². The lowest BCUT2D eigenvalue weighted by atomic mass is 9.82. The average Bonchev–Trinajstić information content (AvgIpc) is 3.09. The van der Waals surface area contributed by atoms with Gasteiger partial charge in [-0.1, -0.05) is 13.0 Å². The predicted molar refractivity (Wildman–Crippen MR) is 87.5 cm³/mol. The van der Waals surface area contributed by atoms with Crippen molar-refractivity contribution in [2.45, 2.75) is 26.3 Å². The Labute approximate surface area is 128 Å². The van der Waals surface area contributed by atoms with Gasteiger partial charge in [-0.15, -0.1) is 22.7 Å². The third-order valence-corrected chi connectivity index (χ3v) is 5.87. The van der Waals surface area contributed by atoms with Gasteiger partial charge in [0.05, 0.1) is 0 Å². The highest BCUT2D eigenvalue weighted by molar-refractivity contribution is 7.14. The van der Waals surface area contributed by atoms with Crippen molar-refractivity contribution in [3.63, 3.8) is 0 Å². The Balaban J connectivity index is 1.51. The maximum absolute atomic E-state index is 5.45. The maximum Gasteiger partial charge on any atom is 0.0471 e.